The first-order valence-electron chi connectivity index (χ1n) is 9.71. The number of phenols is 2. The number of ether oxygens (including phenoxy) is 4. The number of nitriles is 1. The molecule has 3 saturated heterocycles. The molecule has 1 saturated carbocycles. The lowest BCUT2D eigenvalue weighted by Gasteiger charge is -2.59. The molecule has 3 aliphatic heterocycles. The van der Waals surface area contributed by atoms with E-state index in [-0.39, 0.29) is 23.2 Å². The minimum absolute atomic E-state index is 0.155. The lowest BCUT2D eigenvalue weighted by Crippen LogP contribution is -2.68. The van der Waals surface area contributed by atoms with Gasteiger partial charge in [0.05, 0.1) is 23.0 Å². The first-order chi connectivity index (χ1) is 14.8. The van der Waals surface area contributed by atoms with E-state index in [2.05, 4.69) is 0 Å². The number of hydrogen-bond acceptors (Lipinski definition) is 9. The summed E-state index contributed by atoms with van der Waals surface area (Å²) >= 11 is 0. The maximum atomic E-state index is 10.9. The molecule has 10 heteroatoms. The maximum Gasteiger partial charge on any atom is 0.310 e. The van der Waals surface area contributed by atoms with Crippen molar-refractivity contribution in [3.05, 3.63) is 52.1 Å². The molecule has 1 aliphatic carbocycles. The summed E-state index contributed by atoms with van der Waals surface area (Å²) in [7, 11) is 0. The quantitative estimate of drug-likeness (QED) is 0.544. The lowest BCUT2D eigenvalue weighted by atomic mass is 9.72. The summed E-state index contributed by atoms with van der Waals surface area (Å²) in [5.74, 6) is -1.09. The molecule has 4 aliphatic rings. The summed E-state index contributed by atoms with van der Waals surface area (Å²) in [6.45, 7) is 0. The van der Waals surface area contributed by atoms with Crippen LogP contribution in [0.15, 0.2) is 36.4 Å². The van der Waals surface area contributed by atoms with E-state index in [1.165, 1.54) is 30.3 Å². The van der Waals surface area contributed by atoms with Crippen molar-refractivity contribution < 1.29 is 34.1 Å². The average Bonchev–Trinajstić information content (AvgIpc) is 2.66. The van der Waals surface area contributed by atoms with Gasteiger partial charge in [-0.1, -0.05) is 0 Å². The summed E-state index contributed by atoms with van der Waals surface area (Å²) in [6.07, 6.45) is 1.12. The smallest absolute Gasteiger partial charge is 0.310 e. The van der Waals surface area contributed by atoms with Crippen LogP contribution in [-0.2, 0) is 9.47 Å². The Kier molecular flexibility index (Phi) is 4.22. The molecule has 4 atom stereocenters. The normalized spacial score (nSPS) is 30.5. The Bertz CT molecular complexity index is 1100. The number of aromatic hydroxyl groups is 2. The van der Waals surface area contributed by atoms with Crippen LogP contribution in [0.2, 0.25) is 0 Å². The molecule has 0 radical (unpaired) electrons. The zero-order valence-electron chi connectivity index (χ0n) is 16.2. The highest BCUT2D eigenvalue weighted by Gasteiger charge is 2.63. The van der Waals surface area contributed by atoms with Crippen molar-refractivity contribution in [1.82, 2.24) is 0 Å². The highest BCUT2D eigenvalue weighted by molar-refractivity contribution is 5.50. The Balaban J connectivity index is 1.41. The van der Waals surface area contributed by atoms with Gasteiger partial charge in [-0.25, -0.2) is 0 Å². The van der Waals surface area contributed by atoms with Crippen molar-refractivity contribution in [3.8, 4) is 29.1 Å². The molecule has 2 aromatic carbocycles. The van der Waals surface area contributed by atoms with Gasteiger partial charge in [-0.05, 0) is 18.2 Å². The van der Waals surface area contributed by atoms with Crippen molar-refractivity contribution >= 4 is 5.69 Å². The molecule has 31 heavy (non-hydrogen) atoms. The minimum atomic E-state index is -1.08. The molecule has 160 valence electrons. The standard InChI is InChI=1S/C21H18N2O8/c22-10-12-1-2-13(5-17(12)24)29-20-7-15-8-21(11-20,31-19(9-20)28-15)30-14-3-4-16(23(26)27)18(25)6-14/h1-6,15,19,24-25H,7-9,11H2/t15-,19+,20-,21+/m1/s1. The van der Waals surface area contributed by atoms with Crippen LogP contribution in [0.4, 0.5) is 5.69 Å². The fraction of sp³-hybridized carbons (Fsp3) is 0.381. The fourth-order valence-corrected chi connectivity index (χ4v) is 4.76. The molecular formula is C21H18N2O8. The second kappa shape index (κ2) is 6.73. The number of hydrogen-bond donors (Lipinski definition) is 2. The fourth-order valence-electron chi connectivity index (χ4n) is 4.76. The van der Waals surface area contributed by atoms with E-state index in [1.54, 1.807) is 6.07 Å². The summed E-state index contributed by atoms with van der Waals surface area (Å²) in [5.41, 5.74) is -0.933. The summed E-state index contributed by atoms with van der Waals surface area (Å²) in [4.78, 5) is 10.3. The molecule has 0 amide bonds. The van der Waals surface area contributed by atoms with Crippen molar-refractivity contribution in [3.63, 3.8) is 0 Å². The second-order valence-electron chi connectivity index (χ2n) is 8.09. The first kappa shape index (κ1) is 19.4. The van der Waals surface area contributed by atoms with Crippen LogP contribution in [0.25, 0.3) is 0 Å². The van der Waals surface area contributed by atoms with Gasteiger partial charge >= 0.3 is 5.69 Å². The number of nitro groups is 1. The highest BCUT2D eigenvalue weighted by Crippen LogP contribution is 2.54. The number of nitro benzene ring substituents is 1. The number of nitrogens with zero attached hydrogens (tertiary/aromatic N) is 2. The Morgan fingerprint density at radius 2 is 1.84 bits per heavy atom. The largest absolute Gasteiger partial charge is 0.506 e. The summed E-state index contributed by atoms with van der Waals surface area (Å²) in [5, 5.41) is 39.9. The van der Waals surface area contributed by atoms with Crippen LogP contribution in [-0.4, -0.2) is 38.9 Å². The van der Waals surface area contributed by atoms with Gasteiger partial charge in [-0.15, -0.1) is 0 Å². The molecular weight excluding hydrogens is 408 g/mol. The van der Waals surface area contributed by atoms with Gasteiger partial charge in [0.2, 0.25) is 5.79 Å². The SMILES string of the molecule is N#Cc1ccc(O[C@@]23C[C@@H]4C[C@@](Oc5ccc([N+](=O)[O-])c(O)c5)(C2)O[C@@H](C3)O4)cc1O. The Labute approximate surface area is 176 Å². The van der Waals surface area contributed by atoms with Crippen molar-refractivity contribution in [1.29, 1.82) is 5.26 Å². The molecule has 4 bridgehead atoms. The van der Waals surface area contributed by atoms with Gasteiger partial charge in [-0.3, -0.25) is 10.1 Å². The second-order valence-corrected chi connectivity index (χ2v) is 8.09. The van der Waals surface area contributed by atoms with Gasteiger partial charge in [0.1, 0.15) is 28.9 Å². The molecule has 10 nitrogen and oxygen atoms in total. The van der Waals surface area contributed by atoms with E-state index >= 15 is 0 Å². The van der Waals surface area contributed by atoms with Crippen LogP contribution in [0.1, 0.15) is 31.2 Å². The van der Waals surface area contributed by atoms with Gasteiger partial charge in [0.15, 0.2) is 12.0 Å². The third-order valence-corrected chi connectivity index (χ3v) is 5.83. The van der Waals surface area contributed by atoms with Crippen LogP contribution in [0.5, 0.6) is 23.0 Å². The molecule has 6 rings (SSSR count). The molecule has 0 unspecified atom stereocenters. The van der Waals surface area contributed by atoms with Gasteiger partial charge in [-0.2, -0.15) is 5.26 Å². The zero-order valence-corrected chi connectivity index (χ0v) is 16.2. The average molecular weight is 426 g/mol. The number of rotatable bonds is 5. The third kappa shape index (κ3) is 3.37. The van der Waals surface area contributed by atoms with Gasteiger partial charge in [0.25, 0.3) is 0 Å². The minimum Gasteiger partial charge on any atom is -0.506 e. The summed E-state index contributed by atoms with van der Waals surface area (Å²) < 4.78 is 24.3. The molecule has 3 heterocycles. The lowest BCUT2D eigenvalue weighted by molar-refractivity contribution is -0.411. The van der Waals surface area contributed by atoms with E-state index < -0.39 is 34.0 Å². The van der Waals surface area contributed by atoms with E-state index in [4.69, 9.17) is 24.2 Å². The van der Waals surface area contributed by atoms with E-state index in [0.717, 1.165) is 0 Å². The molecule has 2 N–H and O–H groups in total. The van der Waals surface area contributed by atoms with Crippen molar-refractivity contribution in [2.24, 2.45) is 0 Å². The first-order valence-corrected chi connectivity index (χ1v) is 9.71. The monoisotopic (exact) mass is 426 g/mol. The Morgan fingerprint density at radius 1 is 1.10 bits per heavy atom. The van der Waals surface area contributed by atoms with Gasteiger partial charge in [0, 0.05) is 37.5 Å². The van der Waals surface area contributed by atoms with Crippen molar-refractivity contribution in [2.75, 3.05) is 0 Å². The summed E-state index contributed by atoms with van der Waals surface area (Å²) in [6, 6.07) is 10.2. The number of benzene rings is 2. The third-order valence-electron chi connectivity index (χ3n) is 5.83. The topological polar surface area (TPSA) is 144 Å². The predicted molar refractivity (Wildman–Crippen MR) is 103 cm³/mol. The number of phenolic OH excluding ortho intramolecular Hbond substituents is 2. The van der Waals surface area contributed by atoms with Crippen LogP contribution >= 0.6 is 0 Å². The van der Waals surface area contributed by atoms with Gasteiger partial charge < -0.3 is 29.2 Å². The predicted octanol–water partition coefficient (Wildman–Crippen LogP) is 3.10. The molecule has 0 aromatic heterocycles. The molecule has 0 spiro atoms. The van der Waals surface area contributed by atoms with E-state index in [0.29, 0.717) is 31.4 Å². The van der Waals surface area contributed by atoms with E-state index in [1.807, 2.05) is 6.07 Å². The van der Waals surface area contributed by atoms with Crippen LogP contribution in [0, 0.1) is 21.4 Å². The highest BCUT2D eigenvalue weighted by atomic mass is 16.8. The van der Waals surface area contributed by atoms with E-state index in [9.17, 15) is 20.3 Å². The Morgan fingerprint density at radius 3 is 2.52 bits per heavy atom. The van der Waals surface area contributed by atoms with Crippen LogP contribution < -0.4 is 9.47 Å². The molecule has 2 aromatic rings. The Hall–Kier alpha value is -3.55. The van der Waals surface area contributed by atoms with Crippen LogP contribution in [0.3, 0.4) is 0 Å². The molecule has 4 fully saturated rings. The zero-order chi connectivity index (χ0) is 21.8. The van der Waals surface area contributed by atoms with Crippen molar-refractivity contribution in [2.45, 2.75) is 49.5 Å². The maximum absolute atomic E-state index is 10.9.